The minimum Gasteiger partial charge on any atom is -0.428 e. The Morgan fingerprint density at radius 2 is 1.92 bits per heavy atom. The number of anilines is 1. The summed E-state index contributed by atoms with van der Waals surface area (Å²) in [6.07, 6.45) is -7.08. The third kappa shape index (κ3) is 5.05. The number of nitrogens with zero attached hydrogens (tertiary/aromatic N) is 3. The van der Waals surface area contributed by atoms with Gasteiger partial charge in [0.1, 0.15) is 5.75 Å². The Morgan fingerprint density at radius 3 is 2.50 bits per heavy atom. The van der Waals surface area contributed by atoms with Crippen molar-refractivity contribution in [2.45, 2.75) is 19.5 Å². The highest BCUT2D eigenvalue weighted by atomic mass is 35.5. The van der Waals surface area contributed by atoms with Crippen molar-refractivity contribution in [1.29, 1.82) is 0 Å². The zero-order chi connectivity index (χ0) is 17.7. The molecule has 1 aromatic carbocycles. The number of hydrogen-bond acceptors (Lipinski definition) is 5. The molecule has 0 radical (unpaired) electrons. The quantitative estimate of drug-likeness (QED) is 0.363. The first-order chi connectivity index (χ1) is 11.3. The first-order valence-electron chi connectivity index (χ1n) is 6.51. The molecule has 1 heterocycles. The van der Waals surface area contributed by atoms with Gasteiger partial charge in [-0.3, -0.25) is 5.43 Å². The van der Waals surface area contributed by atoms with Gasteiger partial charge in [0.15, 0.2) is 5.82 Å². The third-order valence-corrected chi connectivity index (χ3v) is 2.78. The Bertz CT molecular complexity index is 705. The lowest BCUT2D eigenvalue weighted by Gasteiger charge is -2.16. The van der Waals surface area contributed by atoms with Crippen LogP contribution in [0, 0.1) is 6.92 Å². The molecule has 1 N–H and O–H groups in total. The minimum absolute atomic E-state index is 0.0640. The molecular formula is C14H11ClF4N4O. The molecule has 0 fully saturated rings. The second-order valence-electron chi connectivity index (χ2n) is 4.57. The van der Waals surface area contributed by atoms with Gasteiger partial charge in [-0.1, -0.05) is 0 Å². The van der Waals surface area contributed by atoms with Gasteiger partial charge in [0.25, 0.3) is 0 Å². The molecule has 1 aromatic heterocycles. The maximum atomic E-state index is 12.8. The molecule has 0 aliphatic carbocycles. The van der Waals surface area contributed by atoms with E-state index >= 15 is 0 Å². The van der Waals surface area contributed by atoms with Crippen LogP contribution in [0.25, 0.3) is 0 Å². The Balaban J connectivity index is 1.98. The molecular weight excluding hydrogens is 352 g/mol. The van der Waals surface area contributed by atoms with Crippen LogP contribution in [0.2, 0.25) is 5.28 Å². The van der Waals surface area contributed by atoms with Gasteiger partial charge in [-0.2, -0.15) is 27.6 Å². The molecule has 0 unspecified atom stereocenters. The molecule has 10 heteroatoms. The SMILES string of the molecule is Cc1cc(N/N=C/c2ccc(OC(F)(F)C(F)F)cc2)nc(Cl)n1. The highest BCUT2D eigenvalue weighted by molar-refractivity contribution is 6.28. The van der Waals surface area contributed by atoms with E-state index in [-0.39, 0.29) is 11.0 Å². The number of hydrazone groups is 1. The van der Waals surface area contributed by atoms with Gasteiger partial charge in [-0.25, -0.2) is 4.98 Å². The van der Waals surface area contributed by atoms with Crippen LogP contribution in [-0.2, 0) is 0 Å². The molecule has 0 saturated carbocycles. The maximum Gasteiger partial charge on any atom is 0.461 e. The van der Waals surface area contributed by atoms with Crippen molar-refractivity contribution < 1.29 is 22.3 Å². The summed E-state index contributed by atoms with van der Waals surface area (Å²) >= 11 is 5.70. The summed E-state index contributed by atoms with van der Waals surface area (Å²) in [5, 5.41) is 3.96. The number of aryl methyl sites for hydroxylation is 1. The van der Waals surface area contributed by atoms with Gasteiger partial charge in [0.05, 0.1) is 6.21 Å². The number of benzene rings is 1. The number of nitrogens with one attached hydrogen (secondary N) is 1. The van der Waals surface area contributed by atoms with E-state index in [0.717, 1.165) is 12.1 Å². The number of hydrogen-bond donors (Lipinski definition) is 1. The van der Waals surface area contributed by atoms with E-state index in [4.69, 9.17) is 11.6 Å². The van der Waals surface area contributed by atoms with E-state index in [0.29, 0.717) is 17.1 Å². The number of alkyl halides is 4. The fraction of sp³-hybridized carbons (Fsp3) is 0.214. The van der Waals surface area contributed by atoms with Gasteiger partial charge >= 0.3 is 12.5 Å². The van der Waals surface area contributed by atoms with Crippen LogP contribution in [0.3, 0.4) is 0 Å². The summed E-state index contributed by atoms with van der Waals surface area (Å²) in [4.78, 5) is 7.78. The fourth-order valence-electron chi connectivity index (χ4n) is 1.59. The summed E-state index contributed by atoms with van der Waals surface area (Å²) in [7, 11) is 0. The normalized spacial score (nSPS) is 12.0. The van der Waals surface area contributed by atoms with Gasteiger partial charge in [0, 0.05) is 11.8 Å². The minimum atomic E-state index is -4.54. The van der Waals surface area contributed by atoms with Gasteiger partial charge in [0.2, 0.25) is 5.28 Å². The van der Waals surface area contributed by atoms with Crippen molar-refractivity contribution in [1.82, 2.24) is 9.97 Å². The van der Waals surface area contributed by atoms with Gasteiger partial charge < -0.3 is 4.74 Å². The first-order valence-corrected chi connectivity index (χ1v) is 6.89. The molecule has 0 bridgehead atoms. The van der Waals surface area contributed by atoms with Crippen LogP contribution in [0.15, 0.2) is 35.4 Å². The van der Waals surface area contributed by atoms with Crippen LogP contribution in [0.5, 0.6) is 5.75 Å². The summed E-state index contributed by atoms with van der Waals surface area (Å²) in [5.74, 6) is -0.0103. The first kappa shape index (κ1) is 17.9. The number of ether oxygens (including phenoxy) is 1. The molecule has 0 atom stereocenters. The van der Waals surface area contributed by atoms with Crippen molar-refractivity contribution in [3.8, 4) is 5.75 Å². The van der Waals surface area contributed by atoms with Crippen molar-refractivity contribution in [2.24, 2.45) is 5.10 Å². The standard InChI is InChI=1S/C14H11ClF4N4O/c1-8-6-11(22-13(15)21-8)23-20-7-9-2-4-10(5-3-9)24-14(18,19)12(16)17/h2-7,12H,1H3,(H,21,22,23)/b20-7+. The highest BCUT2D eigenvalue weighted by Crippen LogP contribution is 2.27. The van der Waals surface area contributed by atoms with Gasteiger partial charge in [-0.05, 0) is 48.4 Å². The maximum absolute atomic E-state index is 12.8. The Labute approximate surface area is 139 Å². The van der Waals surface area contributed by atoms with Gasteiger partial charge in [-0.15, -0.1) is 0 Å². The molecule has 2 aromatic rings. The lowest BCUT2D eigenvalue weighted by molar-refractivity contribution is -0.253. The second kappa shape index (κ2) is 7.43. The Morgan fingerprint density at radius 1 is 1.25 bits per heavy atom. The smallest absolute Gasteiger partial charge is 0.428 e. The fourth-order valence-corrected chi connectivity index (χ4v) is 1.81. The van der Waals surface area contributed by atoms with Crippen LogP contribution in [0.1, 0.15) is 11.3 Å². The van der Waals surface area contributed by atoms with E-state index < -0.39 is 12.5 Å². The van der Waals surface area contributed by atoms with E-state index in [1.807, 2.05) is 0 Å². The lowest BCUT2D eigenvalue weighted by Crippen LogP contribution is -2.33. The van der Waals surface area contributed by atoms with Crippen LogP contribution in [-0.4, -0.2) is 28.7 Å². The van der Waals surface area contributed by atoms with Crippen molar-refractivity contribution in [3.05, 3.63) is 46.9 Å². The molecule has 2 rings (SSSR count). The van der Waals surface area contributed by atoms with E-state index in [1.54, 1.807) is 13.0 Å². The zero-order valence-corrected chi connectivity index (χ0v) is 12.9. The Kier molecular flexibility index (Phi) is 5.55. The molecule has 128 valence electrons. The van der Waals surface area contributed by atoms with Crippen LogP contribution < -0.4 is 10.2 Å². The van der Waals surface area contributed by atoms with Crippen molar-refractivity contribution in [3.63, 3.8) is 0 Å². The number of halogens is 5. The highest BCUT2D eigenvalue weighted by Gasteiger charge is 2.43. The van der Waals surface area contributed by atoms with E-state index in [9.17, 15) is 17.6 Å². The largest absolute Gasteiger partial charge is 0.461 e. The lowest BCUT2D eigenvalue weighted by atomic mass is 10.2. The second-order valence-corrected chi connectivity index (χ2v) is 4.91. The summed E-state index contributed by atoms with van der Waals surface area (Å²) < 4.78 is 53.5. The van der Waals surface area contributed by atoms with Crippen molar-refractivity contribution >= 4 is 23.6 Å². The monoisotopic (exact) mass is 362 g/mol. The van der Waals surface area contributed by atoms with Crippen LogP contribution >= 0.6 is 11.6 Å². The predicted octanol–water partition coefficient (Wildman–Crippen LogP) is 4.12. The topological polar surface area (TPSA) is 59.4 Å². The summed E-state index contributed by atoms with van der Waals surface area (Å²) in [6, 6.07) is 6.62. The predicted molar refractivity (Wildman–Crippen MR) is 81.0 cm³/mol. The Hall–Kier alpha value is -2.42. The molecule has 5 nitrogen and oxygen atoms in total. The molecule has 0 aliphatic heterocycles. The van der Waals surface area contributed by atoms with E-state index in [2.05, 4.69) is 25.2 Å². The molecule has 0 spiro atoms. The molecule has 24 heavy (non-hydrogen) atoms. The third-order valence-electron chi connectivity index (χ3n) is 2.61. The summed E-state index contributed by atoms with van der Waals surface area (Å²) in [5.41, 5.74) is 3.79. The number of aromatic nitrogens is 2. The molecule has 0 amide bonds. The molecule has 0 saturated heterocycles. The van der Waals surface area contributed by atoms with E-state index in [1.165, 1.54) is 18.3 Å². The van der Waals surface area contributed by atoms with Crippen LogP contribution in [0.4, 0.5) is 23.4 Å². The number of rotatable bonds is 6. The average Bonchev–Trinajstić information content (AvgIpc) is 2.47. The zero-order valence-electron chi connectivity index (χ0n) is 12.2. The molecule has 0 aliphatic rings. The summed E-state index contributed by atoms with van der Waals surface area (Å²) in [6.45, 7) is 1.73. The average molecular weight is 363 g/mol. The van der Waals surface area contributed by atoms with Crippen molar-refractivity contribution in [2.75, 3.05) is 5.43 Å².